The minimum Gasteiger partial charge on any atom is -0.497 e. The Kier molecular flexibility index (Phi) is 16.3. The highest BCUT2D eigenvalue weighted by molar-refractivity contribution is 7.44. The molecular formula is C50H55N2O9P. The zero-order valence-electron chi connectivity index (χ0n) is 36.3. The minimum atomic E-state index is -1.38. The van der Waals surface area contributed by atoms with Crippen molar-refractivity contribution < 1.29 is 42.3 Å². The topological polar surface area (TPSA) is 126 Å². The van der Waals surface area contributed by atoms with E-state index in [0.717, 1.165) is 28.2 Å². The fraction of sp³-hybridized carbons (Fsp3) is 0.340. The summed E-state index contributed by atoms with van der Waals surface area (Å²) >= 11 is 0. The van der Waals surface area contributed by atoms with Crippen LogP contribution in [0.1, 0.15) is 95.5 Å². The third kappa shape index (κ3) is 10.4. The van der Waals surface area contributed by atoms with Crippen molar-refractivity contribution >= 4 is 20.1 Å². The number of fused-ring (bicyclic) bond motifs is 2. The lowest BCUT2D eigenvalue weighted by atomic mass is 9.80. The van der Waals surface area contributed by atoms with E-state index in [4.69, 9.17) is 38.0 Å². The fourth-order valence-electron chi connectivity index (χ4n) is 7.66. The summed E-state index contributed by atoms with van der Waals surface area (Å²) in [6.45, 7) is 9.75. The molecule has 0 N–H and O–H groups in total. The van der Waals surface area contributed by atoms with Crippen LogP contribution in [-0.4, -0.2) is 75.6 Å². The molecule has 62 heavy (non-hydrogen) atoms. The molecule has 324 valence electrons. The molecule has 1 aliphatic carbocycles. The van der Waals surface area contributed by atoms with Crippen LogP contribution in [0.25, 0.3) is 0 Å². The summed E-state index contributed by atoms with van der Waals surface area (Å²) < 4.78 is 44.7. The summed E-state index contributed by atoms with van der Waals surface area (Å²) in [7, 11) is 1.90. The number of ketones is 2. The van der Waals surface area contributed by atoms with Crippen LogP contribution in [0.4, 0.5) is 0 Å². The van der Waals surface area contributed by atoms with Crippen molar-refractivity contribution in [3.8, 4) is 29.1 Å². The smallest absolute Gasteiger partial charge is 0.259 e. The maximum Gasteiger partial charge on any atom is 0.259 e. The van der Waals surface area contributed by atoms with Crippen molar-refractivity contribution in [2.24, 2.45) is 0 Å². The van der Waals surface area contributed by atoms with Crippen LogP contribution in [0.15, 0.2) is 115 Å². The van der Waals surface area contributed by atoms with Gasteiger partial charge in [0.15, 0.2) is 11.6 Å². The number of hydrogen-bond donors (Lipinski definition) is 0. The Morgan fingerprint density at radius 2 is 1.05 bits per heavy atom. The second-order valence-electron chi connectivity index (χ2n) is 15.2. The summed E-state index contributed by atoms with van der Waals surface area (Å²) in [4.78, 5) is 28.3. The summed E-state index contributed by atoms with van der Waals surface area (Å²) in [5.41, 5.74) is 2.79. The molecule has 0 bridgehead atoms. The van der Waals surface area contributed by atoms with Crippen molar-refractivity contribution in [3.63, 3.8) is 0 Å². The van der Waals surface area contributed by atoms with E-state index in [0.29, 0.717) is 37.6 Å². The van der Waals surface area contributed by atoms with E-state index in [1.165, 1.54) is 0 Å². The van der Waals surface area contributed by atoms with E-state index in [1.54, 1.807) is 50.6 Å². The summed E-state index contributed by atoms with van der Waals surface area (Å²) in [6, 6.07) is 38.4. The van der Waals surface area contributed by atoms with Crippen LogP contribution >= 0.6 is 8.53 Å². The number of nitriles is 1. The summed E-state index contributed by atoms with van der Waals surface area (Å²) in [5, 5.41) is 9.01. The number of carbonyl (C=O) groups excluding carboxylic acids is 2. The molecule has 5 aromatic carbocycles. The molecule has 0 radical (unpaired) electrons. The van der Waals surface area contributed by atoms with Crippen molar-refractivity contribution in [2.45, 2.75) is 64.6 Å². The van der Waals surface area contributed by atoms with Crippen LogP contribution in [0, 0.1) is 11.3 Å². The zero-order chi connectivity index (χ0) is 44.1. The van der Waals surface area contributed by atoms with Gasteiger partial charge in [-0.1, -0.05) is 78.9 Å². The predicted octanol–water partition coefficient (Wildman–Crippen LogP) is 10.3. The molecule has 1 unspecified atom stereocenters. The van der Waals surface area contributed by atoms with E-state index in [9.17, 15) is 9.59 Å². The van der Waals surface area contributed by atoms with Crippen LogP contribution in [0.5, 0.6) is 23.0 Å². The molecule has 0 fully saturated rings. The summed E-state index contributed by atoms with van der Waals surface area (Å²) in [6.07, 6.45) is 1.27. The quantitative estimate of drug-likeness (QED) is 0.0347. The van der Waals surface area contributed by atoms with Crippen LogP contribution in [-0.2, 0) is 19.4 Å². The average molecular weight is 859 g/mol. The SMILES string of the molecule is COc1ccc(C(OCCCOc2cccc3c2C(=O)c2cccc(OCCCOP(OCCC#N)N(C(C)C)C(C)C)c2C3=O)(c2ccccc2)c2ccc(OC)cc2)cc1. The second-order valence-corrected chi connectivity index (χ2v) is 16.6. The third-order valence-electron chi connectivity index (χ3n) is 10.4. The largest absolute Gasteiger partial charge is 0.497 e. The van der Waals surface area contributed by atoms with Crippen molar-refractivity contribution in [2.75, 3.05) is 47.3 Å². The van der Waals surface area contributed by atoms with Gasteiger partial charge in [-0.25, -0.2) is 4.67 Å². The Bertz CT molecular complexity index is 2240. The van der Waals surface area contributed by atoms with Gasteiger partial charge in [-0.3, -0.25) is 9.59 Å². The number of ether oxygens (including phenoxy) is 5. The lowest BCUT2D eigenvalue weighted by molar-refractivity contribution is 0.00706. The second kappa shape index (κ2) is 22.0. The van der Waals surface area contributed by atoms with Crippen molar-refractivity contribution in [3.05, 3.63) is 154 Å². The van der Waals surface area contributed by atoms with E-state index >= 15 is 0 Å². The first-order valence-electron chi connectivity index (χ1n) is 20.9. The zero-order valence-corrected chi connectivity index (χ0v) is 37.2. The highest BCUT2D eigenvalue weighted by Gasteiger charge is 2.38. The molecular weight excluding hydrogens is 804 g/mol. The van der Waals surface area contributed by atoms with Gasteiger partial charge in [0, 0.05) is 36.1 Å². The van der Waals surface area contributed by atoms with Gasteiger partial charge in [-0.2, -0.15) is 5.26 Å². The highest BCUT2D eigenvalue weighted by Crippen LogP contribution is 2.46. The van der Waals surface area contributed by atoms with Gasteiger partial charge < -0.3 is 32.7 Å². The Morgan fingerprint density at radius 1 is 0.581 bits per heavy atom. The van der Waals surface area contributed by atoms with Crippen LogP contribution in [0.2, 0.25) is 0 Å². The molecule has 6 rings (SSSR count). The molecule has 11 nitrogen and oxygen atoms in total. The lowest BCUT2D eigenvalue weighted by Gasteiger charge is -2.36. The van der Waals surface area contributed by atoms with E-state index in [2.05, 4.69) is 38.4 Å². The normalized spacial score (nSPS) is 12.8. The van der Waals surface area contributed by atoms with Crippen molar-refractivity contribution in [1.82, 2.24) is 4.67 Å². The number of methoxy groups -OCH3 is 2. The van der Waals surface area contributed by atoms with Gasteiger partial charge in [0.2, 0.25) is 0 Å². The van der Waals surface area contributed by atoms with Crippen LogP contribution < -0.4 is 18.9 Å². The maximum atomic E-state index is 14.2. The summed E-state index contributed by atoms with van der Waals surface area (Å²) in [5.74, 6) is 1.52. The molecule has 0 saturated carbocycles. The lowest BCUT2D eigenvalue weighted by Crippen LogP contribution is -2.33. The first-order chi connectivity index (χ1) is 30.1. The van der Waals surface area contributed by atoms with E-state index < -0.39 is 14.1 Å². The first kappa shape index (κ1) is 45.9. The van der Waals surface area contributed by atoms with E-state index in [1.807, 2.05) is 78.9 Å². The number of nitrogens with zero attached hydrogens (tertiary/aromatic N) is 2. The molecule has 0 heterocycles. The molecule has 5 aromatic rings. The molecule has 0 aliphatic heterocycles. The Labute approximate surface area is 366 Å². The average Bonchev–Trinajstić information content (AvgIpc) is 3.29. The predicted molar refractivity (Wildman–Crippen MR) is 239 cm³/mol. The Hall–Kier alpha value is -5.60. The Morgan fingerprint density at radius 3 is 1.52 bits per heavy atom. The third-order valence-corrected chi connectivity index (χ3v) is 12.6. The fourth-order valence-corrected chi connectivity index (χ4v) is 9.28. The Balaban J connectivity index is 1.13. The van der Waals surface area contributed by atoms with Gasteiger partial charge in [0.05, 0.1) is 70.9 Å². The van der Waals surface area contributed by atoms with Crippen molar-refractivity contribution in [1.29, 1.82) is 5.26 Å². The number of carbonyl (C=O) groups is 2. The minimum absolute atomic E-state index is 0.184. The van der Waals surface area contributed by atoms with Gasteiger partial charge in [-0.05, 0) is 80.8 Å². The monoisotopic (exact) mass is 858 g/mol. The highest BCUT2D eigenvalue weighted by atomic mass is 31.2. The standard InChI is InChI=1S/C50H55N2O9P/c1-35(2)52(36(3)4)62(60-33-12-29-51)61-34-14-31-58-45-20-11-18-43-47(45)49(54)42-17-10-19-44(46(42)48(43)53)57-30-13-32-59-50(37-15-8-7-9-16-37,38-21-25-40(55-5)26-22-38)39-23-27-41(56-6)28-24-39/h7-11,15-28,35-36H,12-14,30-34H2,1-6H3. The maximum absolute atomic E-state index is 14.2. The molecule has 0 saturated heterocycles. The van der Waals surface area contributed by atoms with Gasteiger partial charge in [0.25, 0.3) is 8.53 Å². The van der Waals surface area contributed by atoms with Gasteiger partial charge >= 0.3 is 0 Å². The number of hydrogen-bond acceptors (Lipinski definition) is 11. The first-order valence-corrected chi connectivity index (χ1v) is 22.1. The molecule has 1 aliphatic rings. The molecule has 0 aromatic heterocycles. The molecule has 0 spiro atoms. The number of rotatable bonds is 23. The molecule has 1 atom stereocenters. The van der Waals surface area contributed by atoms with E-state index in [-0.39, 0.29) is 72.1 Å². The number of benzene rings is 5. The van der Waals surface area contributed by atoms with Gasteiger partial charge in [0.1, 0.15) is 28.6 Å². The molecule has 12 heteroatoms. The van der Waals surface area contributed by atoms with Gasteiger partial charge in [-0.15, -0.1) is 0 Å². The molecule has 0 amide bonds. The van der Waals surface area contributed by atoms with Crippen LogP contribution in [0.3, 0.4) is 0 Å².